The highest BCUT2D eigenvalue weighted by molar-refractivity contribution is 7.99. The van der Waals surface area contributed by atoms with Crippen molar-refractivity contribution in [3.05, 3.63) is 70.0 Å². The molecule has 1 aromatic carbocycles. The van der Waals surface area contributed by atoms with Crippen LogP contribution in [0, 0.1) is 0 Å². The first kappa shape index (κ1) is 18.9. The summed E-state index contributed by atoms with van der Waals surface area (Å²) < 4.78 is 1.92. The monoisotopic (exact) mass is 427 g/mol. The molecule has 0 aliphatic heterocycles. The average Bonchev–Trinajstić information content (AvgIpc) is 3.47. The highest BCUT2D eigenvalue weighted by atomic mass is 32.2. The van der Waals surface area contributed by atoms with Crippen LogP contribution in [0.5, 0.6) is 0 Å². The number of nitrogens with one attached hydrogen (secondary N) is 1. The third-order valence-corrected chi connectivity index (χ3v) is 6.77. The van der Waals surface area contributed by atoms with E-state index in [-0.39, 0.29) is 17.7 Å². The SMILES string of the molecule is Cn1c(SCC(=O)NC(c2ccccc2)c2nccs2)nnc1-c1cccs1. The molecule has 4 rings (SSSR count). The number of hydrogen-bond acceptors (Lipinski definition) is 7. The van der Waals surface area contributed by atoms with Gasteiger partial charge in [0.15, 0.2) is 11.0 Å². The summed E-state index contributed by atoms with van der Waals surface area (Å²) in [5.74, 6) is 0.989. The Morgan fingerprint density at radius 3 is 2.71 bits per heavy atom. The molecule has 4 aromatic rings. The van der Waals surface area contributed by atoms with E-state index in [1.165, 1.54) is 23.1 Å². The third-order valence-electron chi connectivity index (χ3n) is 4.05. The summed E-state index contributed by atoms with van der Waals surface area (Å²) in [4.78, 5) is 18.1. The number of carbonyl (C=O) groups is 1. The van der Waals surface area contributed by atoms with Crippen LogP contribution >= 0.6 is 34.4 Å². The molecule has 0 saturated carbocycles. The standard InChI is InChI=1S/C19H17N5OS3/c1-24-17(14-8-5-10-26-14)22-23-19(24)28-12-15(25)21-16(18-20-9-11-27-18)13-6-3-2-4-7-13/h2-11,16H,12H2,1H3,(H,21,25). The van der Waals surface area contributed by atoms with Gasteiger partial charge >= 0.3 is 0 Å². The van der Waals surface area contributed by atoms with Crippen LogP contribution in [0.2, 0.25) is 0 Å². The lowest BCUT2D eigenvalue weighted by molar-refractivity contribution is -0.119. The molecule has 3 heterocycles. The van der Waals surface area contributed by atoms with E-state index in [0.717, 1.165) is 21.3 Å². The molecule has 0 radical (unpaired) electrons. The molecule has 0 aliphatic carbocycles. The van der Waals surface area contributed by atoms with E-state index in [9.17, 15) is 4.79 Å². The minimum atomic E-state index is -0.254. The van der Waals surface area contributed by atoms with Gasteiger partial charge in [0.05, 0.1) is 10.6 Å². The van der Waals surface area contributed by atoms with E-state index in [2.05, 4.69) is 20.5 Å². The molecule has 28 heavy (non-hydrogen) atoms. The molecule has 0 saturated heterocycles. The molecule has 1 atom stereocenters. The zero-order valence-electron chi connectivity index (χ0n) is 15.0. The molecule has 3 aromatic heterocycles. The molecule has 0 aliphatic rings. The zero-order valence-corrected chi connectivity index (χ0v) is 17.4. The summed E-state index contributed by atoms with van der Waals surface area (Å²) in [6.07, 6.45) is 1.75. The summed E-state index contributed by atoms with van der Waals surface area (Å²) in [7, 11) is 1.91. The fourth-order valence-corrected chi connectivity index (χ4v) is 4.88. The first-order valence-electron chi connectivity index (χ1n) is 8.52. The van der Waals surface area contributed by atoms with Gasteiger partial charge in [0.2, 0.25) is 5.91 Å². The molecule has 1 unspecified atom stereocenters. The lowest BCUT2D eigenvalue weighted by Gasteiger charge is -2.17. The van der Waals surface area contributed by atoms with Gasteiger partial charge in [-0.2, -0.15) is 0 Å². The first-order valence-corrected chi connectivity index (χ1v) is 11.3. The number of rotatable bonds is 7. The van der Waals surface area contributed by atoms with Crippen LogP contribution in [0.1, 0.15) is 16.6 Å². The van der Waals surface area contributed by atoms with Gasteiger partial charge in [-0.3, -0.25) is 4.79 Å². The Hall–Kier alpha value is -2.49. The highest BCUT2D eigenvalue weighted by Crippen LogP contribution is 2.27. The Morgan fingerprint density at radius 1 is 1.14 bits per heavy atom. The van der Waals surface area contributed by atoms with E-state index in [1.807, 2.05) is 64.8 Å². The quantitative estimate of drug-likeness (QED) is 0.451. The number of aromatic nitrogens is 4. The van der Waals surface area contributed by atoms with Gasteiger partial charge in [0, 0.05) is 18.6 Å². The summed E-state index contributed by atoms with van der Waals surface area (Å²) in [6, 6.07) is 13.6. The lowest BCUT2D eigenvalue weighted by atomic mass is 10.1. The number of nitrogens with zero attached hydrogens (tertiary/aromatic N) is 4. The smallest absolute Gasteiger partial charge is 0.231 e. The second-order valence-electron chi connectivity index (χ2n) is 5.91. The fraction of sp³-hybridized carbons (Fsp3) is 0.158. The normalized spacial score (nSPS) is 12.0. The minimum Gasteiger partial charge on any atom is -0.342 e. The number of amides is 1. The van der Waals surface area contributed by atoms with Crippen molar-refractivity contribution in [2.24, 2.45) is 7.05 Å². The van der Waals surface area contributed by atoms with E-state index < -0.39 is 0 Å². The van der Waals surface area contributed by atoms with E-state index >= 15 is 0 Å². The van der Waals surface area contributed by atoms with Crippen molar-refractivity contribution in [2.75, 3.05) is 5.75 Å². The lowest BCUT2D eigenvalue weighted by Crippen LogP contribution is -2.30. The fourth-order valence-electron chi connectivity index (χ4n) is 2.70. The van der Waals surface area contributed by atoms with E-state index in [0.29, 0.717) is 5.16 Å². The van der Waals surface area contributed by atoms with Crippen LogP contribution in [-0.4, -0.2) is 31.4 Å². The van der Waals surface area contributed by atoms with E-state index in [4.69, 9.17) is 0 Å². The van der Waals surface area contributed by atoms with Crippen molar-refractivity contribution in [1.29, 1.82) is 0 Å². The number of carbonyl (C=O) groups excluding carboxylic acids is 1. The van der Waals surface area contributed by atoms with Gasteiger partial charge in [-0.1, -0.05) is 48.2 Å². The maximum Gasteiger partial charge on any atom is 0.231 e. The first-order chi connectivity index (χ1) is 13.7. The summed E-state index contributed by atoms with van der Waals surface area (Å²) in [5.41, 5.74) is 1.01. The third kappa shape index (κ3) is 4.16. The Labute approximate surface area is 174 Å². The highest BCUT2D eigenvalue weighted by Gasteiger charge is 2.20. The predicted octanol–water partition coefficient (Wildman–Crippen LogP) is 4.00. The predicted molar refractivity (Wildman–Crippen MR) is 114 cm³/mol. The average molecular weight is 428 g/mol. The molecule has 6 nitrogen and oxygen atoms in total. The molecule has 0 fully saturated rings. The van der Waals surface area contributed by atoms with Gasteiger partial charge in [0.25, 0.3) is 0 Å². The van der Waals surface area contributed by atoms with Gasteiger partial charge < -0.3 is 9.88 Å². The van der Waals surface area contributed by atoms with Crippen molar-refractivity contribution < 1.29 is 4.79 Å². The molecule has 0 bridgehead atoms. The number of hydrogen-bond donors (Lipinski definition) is 1. The van der Waals surface area contributed by atoms with Crippen LogP contribution in [0.4, 0.5) is 0 Å². The Morgan fingerprint density at radius 2 is 2.00 bits per heavy atom. The molecular formula is C19H17N5OS3. The summed E-state index contributed by atoms with van der Waals surface area (Å²) in [5, 5.41) is 17.1. The van der Waals surface area contributed by atoms with Crippen molar-refractivity contribution in [1.82, 2.24) is 25.1 Å². The van der Waals surface area contributed by atoms with Crippen LogP contribution in [0.25, 0.3) is 10.7 Å². The van der Waals surface area contributed by atoms with Crippen LogP contribution in [-0.2, 0) is 11.8 Å². The number of benzene rings is 1. The van der Waals surface area contributed by atoms with Gasteiger partial charge in [0.1, 0.15) is 11.0 Å². The van der Waals surface area contributed by atoms with Gasteiger partial charge in [-0.25, -0.2) is 4.98 Å². The second kappa shape index (κ2) is 8.68. The maximum absolute atomic E-state index is 12.6. The Bertz CT molecular complexity index is 1030. The van der Waals surface area contributed by atoms with Crippen molar-refractivity contribution >= 4 is 40.3 Å². The molecular weight excluding hydrogens is 410 g/mol. The molecule has 0 spiro atoms. The Kier molecular flexibility index (Phi) is 5.84. The van der Waals surface area contributed by atoms with Gasteiger partial charge in [-0.05, 0) is 17.0 Å². The minimum absolute atomic E-state index is 0.0743. The van der Waals surface area contributed by atoms with Crippen molar-refractivity contribution in [3.8, 4) is 10.7 Å². The topological polar surface area (TPSA) is 72.7 Å². The van der Waals surface area contributed by atoms with Crippen LogP contribution in [0.3, 0.4) is 0 Å². The van der Waals surface area contributed by atoms with Crippen molar-refractivity contribution in [3.63, 3.8) is 0 Å². The molecule has 1 N–H and O–H groups in total. The largest absolute Gasteiger partial charge is 0.342 e. The number of thiophene rings is 1. The Balaban J connectivity index is 1.44. The van der Waals surface area contributed by atoms with Crippen LogP contribution in [0.15, 0.2) is 64.6 Å². The number of thioether (sulfide) groups is 1. The van der Waals surface area contributed by atoms with Crippen molar-refractivity contribution in [2.45, 2.75) is 11.2 Å². The number of thiazole rings is 1. The van der Waals surface area contributed by atoms with E-state index in [1.54, 1.807) is 17.5 Å². The van der Waals surface area contributed by atoms with Crippen LogP contribution < -0.4 is 5.32 Å². The van der Waals surface area contributed by atoms with Gasteiger partial charge in [-0.15, -0.1) is 32.9 Å². The summed E-state index contributed by atoms with van der Waals surface area (Å²) in [6.45, 7) is 0. The maximum atomic E-state index is 12.6. The summed E-state index contributed by atoms with van der Waals surface area (Å²) >= 11 is 4.52. The zero-order chi connectivity index (χ0) is 19.3. The molecule has 1 amide bonds. The second-order valence-corrected chi connectivity index (χ2v) is 8.73. The molecule has 142 valence electrons. The molecule has 9 heteroatoms.